The number of nitrogens with one attached hydrogen (secondary N) is 3. The fourth-order valence-electron chi connectivity index (χ4n) is 2.39. The molecule has 0 saturated carbocycles. The van der Waals surface area contributed by atoms with E-state index < -0.39 is 0 Å². The summed E-state index contributed by atoms with van der Waals surface area (Å²) in [7, 11) is 0. The van der Waals surface area contributed by atoms with Crippen LogP contribution in [0.25, 0.3) is 0 Å². The van der Waals surface area contributed by atoms with Crippen LogP contribution in [-0.2, 0) is 9.59 Å². The zero-order valence-corrected chi connectivity index (χ0v) is 14.6. The molecule has 0 spiro atoms. The molecule has 0 saturated heterocycles. The van der Waals surface area contributed by atoms with Gasteiger partial charge in [0.25, 0.3) is 5.91 Å². The molecule has 7 heteroatoms. The average Bonchev–Trinajstić information content (AvgIpc) is 2.57. The molecule has 2 aromatic rings. The van der Waals surface area contributed by atoms with E-state index in [1.54, 1.807) is 36.4 Å². The predicted molar refractivity (Wildman–Crippen MR) is 99.1 cm³/mol. The smallest absolute Gasteiger partial charge is 0.255 e. The number of hydrogen-bond acceptors (Lipinski definition) is 4. The number of hydrogen-bond donors (Lipinski definition) is 3. The molecular formula is C18H17N3O3S. The molecule has 0 unspecified atom stereocenters. The summed E-state index contributed by atoms with van der Waals surface area (Å²) in [4.78, 5) is 36.1. The van der Waals surface area contributed by atoms with Crippen molar-refractivity contribution < 1.29 is 14.4 Å². The highest BCUT2D eigenvalue weighted by molar-refractivity contribution is 8.00. The first-order valence-corrected chi connectivity index (χ1v) is 8.61. The highest BCUT2D eigenvalue weighted by Crippen LogP contribution is 2.36. The van der Waals surface area contributed by atoms with Gasteiger partial charge in [-0.1, -0.05) is 0 Å². The van der Waals surface area contributed by atoms with E-state index >= 15 is 0 Å². The fraction of sp³-hybridized carbons (Fsp3) is 0.167. The topological polar surface area (TPSA) is 87.3 Å². The van der Waals surface area contributed by atoms with Crippen LogP contribution in [0.1, 0.15) is 24.2 Å². The molecule has 0 bridgehead atoms. The van der Waals surface area contributed by atoms with Crippen LogP contribution < -0.4 is 16.0 Å². The van der Waals surface area contributed by atoms with Crippen LogP contribution >= 0.6 is 11.8 Å². The minimum Gasteiger partial charge on any atom is -0.326 e. The molecular weight excluding hydrogens is 338 g/mol. The molecule has 1 heterocycles. The lowest BCUT2D eigenvalue weighted by atomic mass is 10.1. The lowest BCUT2D eigenvalue weighted by molar-refractivity contribution is -0.115. The van der Waals surface area contributed by atoms with Gasteiger partial charge in [-0.05, 0) is 49.4 Å². The summed E-state index contributed by atoms with van der Waals surface area (Å²) >= 11 is 1.47. The summed E-state index contributed by atoms with van der Waals surface area (Å²) in [6.45, 7) is 3.28. The van der Waals surface area contributed by atoms with Gasteiger partial charge in [0.15, 0.2) is 0 Å². The Bertz CT molecular complexity index is 849. The van der Waals surface area contributed by atoms with Gasteiger partial charge >= 0.3 is 0 Å². The second kappa shape index (κ2) is 6.98. The Balaban J connectivity index is 1.72. The van der Waals surface area contributed by atoms with Crippen LogP contribution in [0.5, 0.6) is 0 Å². The second-order valence-electron chi connectivity index (χ2n) is 5.67. The maximum Gasteiger partial charge on any atom is 0.255 e. The van der Waals surface area contributed by atoms with E-state index in [4.69, 9.17) is 0 Å². The van der Waals surface area contributed by atoms with Gasteiger partial charge in [0.2, 0.25) is 11.8 Å². The molecule has 3 amide bonds. The summed E-state index contributed by atoms with van der Waals surface area (Å²) in [5.74, 6) is -0.489. The Morgan fingerprint density at radius 3 is 2.32 bits per heavy atom. The van der Waals surface area contributed by atoms with Crippen LogP contribution in [0, 0.1) is 0 Å². The van der Waals surface area contributed by atoms with E-state index in [1.807, 2.05) is 13.0 Å². The molecule has 0 radical (unpaired) electrons. The Hall–Kier alpha value is -2.80. The molecule has 1 aliphatic rings. The number of carbonyl (C=O) groups is 3. The van der Waals surface area contributed by atoms with Gasteiger partial charge in [0.1, 0.15) is 0 Å². The molecule has 1 atom stereocenters. The van der Waals surface area contributed by atoms with Gasteiger partial charge in [-0.2, -0.15) is 0 Å². The van der Waals surface area contributed by atoms with Gasteiger partial charge in [0.05, 0.1) is 10.9 Å². The number of carbonyl (C=O) groups excluding carboxylic acids is 3. The van der Waals surface area contributed by atoms with Crippen molar-refractivity contribution in [3.63, 3.8) is 0 Å². The Labute approximate surface area is 149 Å². The molecule has 1 aliphatic heterocycles. The van der Waals surface area contributed by atoms with E-state index in [2.05, 4.69) is 16.0 Å². The van der Waals surface area contributed by atoms with Crippen molar-refractivity contribution >= 4 is 46.5 Å². The highest BCUT2D eigenvalue weighted by atomic mass is 32.2. The van der Waals surface area contributed by atoms with Gasteiger partial charge in [0, 0.05) is 28.8 Å². The number of amides is 3. The monoisotopic (exact) mass is 355 g/mol. The summed E-state index contributed by atoms with van der Waals surface area (Å²) < 4.78 is 0. The highest BCUT2D eigenvalue weighted by Gasteiger charge is 2.23. The quantitative estimate of drug-likeness (QED) is 0.788. The normalized spacial score (nSPS) is 15.8. The summed E-state index contributed by atoms with van der Waals surface area (Å²) in [5.41, 5.74) is 2.39. The number of thioether (sulfide) groups is 1. The third kappa shape index (κ3) is 4.00. The van der Waals surface area contributed by atoms with E-state index in [0.29, 0.717) is 22.6 Å². The maximum atomic E-state index is 12.4. The van der Waals surface area contributed by atoms with Crippen molar-refractivity contribution in [2.24, 2.45) is 0 Å². The van der Waals surface area contributed by atoms with Crippen LogP contribution in [0.2, 0.25) is 0 Å². The van der Waals surface area contributed by atoms with Crippen molar-refractivity contribution in [1.29, 1.82) is 0 Å². The maximum absolute atomic E-state index is 12.4. The van der Waals surface area contributed by atoms with Crippen LogP contribution in [0.3, 0.4) is 0 Å². The lowest BCUT2D eigenvalue weighted by Crippen LogP contribution is -2.26. The Morgan fingerprint density at radius 1 is 1.04 bits per heavy atom. The lowest BCUT2D eigenvalue weighted by Gasteiger charge is -2.21. The predicted octanol–water partition coefficient (Wildman–Crippen LogP) is 3.33. The first kappa shape index (κ1) is 17.0. The molecule has 25 heavy (non-hydrogen) atoms. The molecule has 0 aromatic heterocycles. The molecule has 2 aromatic carbocycles. The first-order chi connectivity index (χ1) is 11.9. The molecule has 128 valence electrons. The SMILES string of the molecule is CC(=O)Nc1ccc(NC(=O)c2ccc3c(c2)NC(=O)[C@H](C)S3)cc1. The van der Waals surface area contributed by atoms with E-state index in [0.717, 1.165) is 4.90 Å². The van der Waals surface area contributed by atoms with Gasteiger partial charge in [-0.25, -0.2) is 0 Å². The van der Waals surface area contributed by atoms with Gasteiger partial charge in [-0.15, -0.1) is 11.8 Å². The van der Waals surface area contributed by atoms with E-state index in [1.165, 1.54) is 18.7 Å². The third-order valence-corrected chi connectivity index (χ3v) is 4.81. The fourth-order valence-corrected chi connectivity index (χ4v) is 3.32. The minimum absolute atomic E-state index is 0.0661. The Kier molecular flexibility index (Phi) is 4.76. The minimum atomic E-state index is -0.270. The largest absolute Gasteiger partial charge is 0.326 e. The van der Waals surface area contributed by atoms with Crippen LogP contribution in [0.15, 0.2) is 47.4 Å². The second-order valence-corrected chi connectivity index (χ2v) is 7.06. The zero-order valence-electron chi connectivity index (χ0n) is 13.8. The molecule has 3 N–H and O–H groups in total. The average molecular weight is 355 g/mol. The molecule has 3 rings (SSSR count). The van der Waals surface area contributed by atoms with Crippen LogP contribution in [0.4, 0.5) is 17.1 Å². The van der Waals surface area contributed by atoms with Crippen molar-refractivity contribution in [3.8, 4) is 0 Å². The van der Waals surface area contributed by atoms with Crippen molar-refractivity contribution in [1.82, 2.24) is 0 Å². The molecule has 0 fully saturated rings. The van der Waals surface area contributed by atoms with E-state index in [-0.39, 0.29) is 23.0 Å². The van der Waals surface area contributed by atoms with Crippen LogP contribution in [-0.4, -0.2) is 23.0 Å². The zero-order chi connectivity index (χ0) is 18.0. The number of fused-ring (bicyclic) bond motifs is 1. The summed E-state index contributed by atoms with van der Waals surface area (Å²) in [5, 5.41) is 8.13. The summed E-state index contributed by atoms with van der Waals surface area (Å²) in [6, 6.07) is 12.1. The first-order valence-electron chi connectivity index (χ1n) is 7.73. The van der Waals surface area contributed by atoms with Crippen molar-refractivity contribution in [2.45, 2.75) is 24.0 Å². The summed E-state index contributed by atoms with van der Waals surface area (Å²) in [6.07, 6.45) is 0. The Morgan fingerprint density at radius 2 is 1.68 bits per heavy atom. The number of benzene rings is 2. The number of rotatable bonds is 3. The van der Waals surface area contributed by atoms with E-state index in [9.17, 15) is 14.4 Å². The molecule has 6 nitrogen and oxygen atoms in total. The standard InChI is InChI=1S/C18H17N3O3S/c1-10-17(23)21-15-9-12(3-8-16(15)25-10)18(24)20-14-6-4-13(5-7-14)19-11(2)22/h3-10H,1-2H3,(H,19,22)(H,20,24)(H,21,23)/t10-/m0/s1. The van der Waals surface area contributed by atoms with Gasteiger partial charge in [-0.3, -0.25) is 14.4 Å². The molecule has 0 aliphatic carbocycles. The third-order valence-electron chi connectivity index (χ3n) is 3.64. The number of anilines is 3. The van der Waals surface area contributed by atoms with Crippen molar-refractivity contribution in [3.05, 3.63) is 48.0 Å². The van der Waals surface area contributed by atoms with Crippen molar-refractivity contribution in [2.75, 3.05) is 16.0 Å². The van der Waals surface area contributed by atoms with Gasteiger partial charge < -0.3 is 16.0 Å².